The number of aryl methyl sites for hydroxylation is 2. The van der Waals surface area contributed by atoms with Crippen molar-refractivity contribution in [3.05, 3.63) is 105 Å². The first-order valence-corrected chi connectivity index (χ1v) is 20.7. The van der Waals surface area contributed by atoms with Gasteiger partial charge in [-0.1, -0.05) is 50.7 Å². The molecular formula is C43H48FN11O5. The zero-order chi connectivity index (χ0) is 41.8. The Labute approximate surface area is 344 Å². The number of piperidine rings is 1. The summed E-state index contributed by atoms with van der Waals surface area (Å²) in [7, 11) is 1.71. The van der Waals surface area contributed by atoms with Crippen molar-refractivity contribution in [2.75, 3.05) is 17.2 Å². The Balaban J connectivity index is 0.816. The van der Waals surface area contributed by atoms with E-state index >= 15 is 0 Å². The molecule has 0 spiro atoms. The maximum atomic E-state index is 13.6. The zero-order valence-electron chi connectivity index (χ0n) is 33.4. The lowest BCUT2D eigenvalue weighted by atomic mass is 10.0. The van der Waals surface area contributed by atoms with Crippen LogP contribution in [0.25, 0.3) is 22.5 Å². The van der Waals surface area contributed by atoms with E-state index in [-0.39, 0.29) is 41.4 Å². The highest BCUT2D eigenvalue weighted by Crippen LogP contribution is 2.27. The van der Waals surface area contributed by atoms with Crippen LogP contribution in [-0.2, 0) is 23.1 Å². The van der Waals surface area contributed by atoms with E-state index in [4.69, 9.17) is 0 Å². The van der Waals surface area contributed by atoms with Crippen LogP contribution in [0.5, 0.6) is 0 Å². The fraction of sp³-hybridized carbons (Fsp3) is 0.395. The Hall–Kier alpha value is -6.65. The Morgan fingerprint density at radius 3 is 2.43 bits per heavy atom. The largest absolute Gasteiger partial charge is 0.382 e. The molecule has 1 unspecified atom stereocenters. The van der Waals surface area contributed by atoms with Gasteiger partial charge in [0.15, 0.2) is 17.2 Å². The van der Waals surface area contributed by atoms with E-state index in [1.54, 1.807) is 60.4 Å². The molecule has 1 saturated carbocycles. The molecule has 17 heteroatoms. The summed E-state index contributed by atoms with van der Waals surface area (Å²) >= 11 is 0. The van der Waals surface area contributed by atoms with Gasteiger partial charge in [0.2, 0.25) is 11.8 Å². The van der Waals surface area contributed by atoms with Gasteiger partial charge in [-0.15, -0.1) is 5.10 Å². The van der Waals surface area contributed by atoms with Crippen LogP contribution < -0.4 is 32.5 Å². The van der Waals surface area contributed by atoms with E-state index in [0.717, 1.165) is 68.9 Å². The Bertz CT molecular complexity index is 2670. The summed E-state index contributed by atoms with van der Waals surface area (Å²) in [6.07, 6.45) is 13.9. The van der Waals surface area contributed by atoms with Crippen molar-refractivity contribution in [2.24, 2.45) is 7.05 Å². The van der Waals surface area contributed by atoms with Crippen molar-refractivity contribution in [1.82, 2.24) is 43.9 Å². The molecule has 3 atom stereocenters. The minimum atomic E-state index is -1.06. The number of hydrogen-bond acceptors (Lipinski definition) is 10. The molecule has 16 nitrogen and oxygen atoms in total. The molecule has 8 rings (SSSR count). The van der Waals surface area contributed by atoms with Gasteiger partial charge in [0, 0.05) is 44.9 Å². The number of carbonyl (C=O) groups excluding carboxylic acids is 3. The monoisotopic (exact) mass is 817 g/mol. The number of benzene rings is 1. The van der Waals surface area contributed by atoms with Crippen LogP contribution in [0.2, 0.25) is 0 Å². The number of nitrogens with one attached hydrogen (secondary N) is 4. The van der Waals surface area contributed by atoms with E-state index < -0.39 is 30.1 Å². The van der Waals surface area contributed by atoms with Crippen LogP contribution in [-0.4, -0.2) is 69.8 Å². The van der Waals surface area contributed by atoms with Crippen molar-refractivity contribution < 1.29 is 18.8 Å². The van der Waals surface area contributed by atoms with Crippen LogP contribution in [0.4, 0.5) is 21.6 Å². The first kappa shape index (κ1) is 40.1. The minimum absolute atomic E-state index is 0.157. The Morgan fingerprint density at radius 1 is 0.900 bits per heavy atom. The molecule has 2 aliphatic rings. The number of carbonyl (C=O) groups is 3. The van der Waals surface area contributed by atoms with Gasteiger partial charge >= 0.3 is 5.69 Å². The summed E-state index contributed by atoms with van der Waals surface area (Å²) in [6, 6.07) is 15.2. The number of fused-ring (bicyclic) bond motifs is 2. The molecule has 2 fully saturated rings. The normalized spacial score (nSPS) is 17.5. The van der Waals surface area contributed by atoms with Gasteiger partial charge in [-0.2, -0.15) is 0 Å². The van der Waals surface area contributed by atoms with Gasteiger partial charge in [0.1, 0.15) is 23.7 Å². The maximum Gasteiger partial charge on any atom is 0.329 e. The highest BCUT2D eigenvalue weighted by atomic mass is 19.1. The average molecular weight is 818 g/mol. The molecule has 6 aromatic rings. The second-order valence-electron chi connectivity index (χ2n) is 15.6. The summed E-state index contributed by atoms with van der Waals surface area (Å²) in [5.41, 5.74) is 3.53. The van der Waals surface area contributed by atoms with Gasteiger partial charge in [-0.25, -0.2) is 23.7 Å². The van der Waals surface area contributed by atoms with Crippen LogP contribution in [0.3, 0.4) is 0 Å². The number of anilines is 3. The first-order chi connectivity index (χ1) is 29.2. The molecule has 1 aromatic carbocycles. The number of unbranched alkanes of at least 4 members (excludes halogenated alkanes) is 7. The number of nitrogens with zero attached hydrogens (tertiary/aromatic N) is 7. The summed E-state index contributed by atoms with van der Waals surface area (Å²) in [4.78, 5) is 72.5. The summed E-state index contributed by atoms with van der Waals surface area (Å²) in [5.74, 6) is -0.428. The van der Waals surface area contributed by atoms with E-state index in [9.17, 15) is 28.4 Å². The maximum absolute atomic E-state index is 13.6. The highest BCUT2D eigenvalue weighted by Gasteiger charge is 2.39. The molecule has 5 aromatic heterocycles. The zero-order valence-corrected chi connectivity index (χ0v) is 33.4. The quantitative estimate of drug-likeness (QED) is 0.0657. The first-order valence-electron chi connectivity index (χ1n) is 20.7. The van der Waals surface area contributed by atoms with E-state index in [1.165, 1.54) is 19.8 Å². The van der Waals surface area contributed by atoms with Crippen molar-refractivity contribution in [1.29, 1.82) is 0 Å². The van der Waals surface area contributed by atoms with Gasteiger partial charge in [-0.05, 0) is 67.6 Å². The van der Waals surface area contributed by atoms with Crippen LogP contribution in [0, 0.1) is 0 Å². The molecule has 6 heterocycles. The summed E-state index contributed by atoms with van der Waals surface area (Å²) in [5, 5.41) is 16.2. The highest BCUT2D eigenvalue weighted by molar-refractivity contribution is 6.00. The minimum Gasteiger partial charge on any atom is -0.382 e. The predicted molar refractivity (Wildman–Crippen MR) is 225 cm³/mol. The number of hydrogen-bond donors (Lipinski definition) is 4. The average Bonchev–Trinajstić information content (AvgIpc) is 3.65. The van der Waals surface area contributed by atoms with Crippen molar-refractivity contribution in [3.63, 3.8) is 0 Å². The number of aromatic nitrogens is 7. The van der Waals surface area contributed by atoms with Crippen molar-refractivity contribution in [3.8, 4) is 5.82 Å². The van der Waals surface area contributed by atoms with Gasteiger partial charge in [0.05, 0.1) is 29.0 Å². The fourth-order valence-corrected chi connectivity index (χ4v) is 7.81. The molecule has 3 amide bonds. The Morgan fingerprint density at radius 2 is 1.68 bits per heavy atom. The molecular weight excluding hydrogens is 770 g/mol. The second kappa shape index (κ2) is 17.7. The molecule has 0 bridgehead atoms. The second-order valence-corrected chi connectivity index (χ2v) is 15.6. The van der Waals surface area contributed by atoms with Crippen molar-refractivity contribution >= 4 is 51.6 Å². The molecule has 0 radical (unpaired) electrons. The number of imidazole rings is 2. The predicted octanol–water partition coefficient (Wildman–Crippen LogP) is 5.27. The number of rotatable bonds is 18. The SMILES string of the molecule is Cn1c(=O)n(C2CCC(=O)NC2=O)c2ccc(CCCCCCCCCCNc3cc(Nc4cccn(-c5ccccn5)c4=O)nn4c(C(=O)N[C@@H]5C[C@@H]5F)cnc34)cc21. The lowest BCUT2D eigenvalue weighted by molar-refractivity contribution is -0.135. The fourth-order valence-electron chi connectivity index (χ4n) is 7.81. The third-order valence-electron chi connectivity index (χ3n) is 11.2. The topological polar surface area (TPSA) is 191 Å². The molecule has 1 aliphatic heterocycles. The number of halogens is 1. The van der Waals surface area contributed by atoms with Gasteiger partial charge < -0.3 is 16.0 Å². The van der Waals surface area contributed by atoms with Gasteiger partial charge in [-0.3, -0.25) is 38.2 Å². The summed E-state index contributed by atoms with van der Waals surface area (Å²) < 4.78 is 19.6. The Kier molecular flexibility index (Phi) is 11.8. The van der Waals surface area contributed by atoms with Crippen molar-refractivity contribution in [2.45, 2.75) is 95.3 Å². The van der Waals surface area contributed by atoms with E-state index in [1.807, 2.05) is 18.2 Å². The number of imide groups is 1. The van der Waals surface area contributed by atoms with Crippen LogP contribution in [0.15, 0.2) is 82.8 Å². The molecule has 1 saturated heterocycles. The summed E-state index contributed by atoms with van der Waals surface area (Å²) in [6.45, 7) is 0.657. The van der Waals surface area contributed by atoms with E-state index in [0.29, 0.717) is 41.5 Å². The number of pyridine rings is 2. The number of amides is 3. The molecule has 60 heavy (non-hydrogen) atoms. The molecule has 4 N–H and O–H groups in total. The lowest BCUT2D eigenvalue weighted by Crippen LogP contribution is -2.44. The van der Waals surface area contributed by atoms with Gasteiger partial charge in [0.25, 0.3) is 11.5 Å². The molecule has 312 valence electrons. The third-order valence-corrected chi connectivity index (χ3v) is 11.2. The lowest BCUT2D eigenvalue weighted by Gasteiger charge is -2.21. The number of alkyl halides is 1. The third kappa shape index (κ3) is 8.70. The molecule has 1 aliphatic carbocycles. The smallest absolute Gasteiger partial charge is 0.329 e. The standard InChI is InChI=1S/C43H48FN11O5/c1-52-34-23-27(16-17-32(34)54(43(52)60)33-18-19-38(56)50-40(33)57)13-8-6-4-2-3-5-7-10-20-45-31-25-36(48-29-14-12-22-53(42(29)59)37-15-9-11-21-46-37)51-55-35(26-47-39(31)55)41(58)49-30-24-28(30)44/h9,11-12,14-17,21-23,25-26,28,30,33,45H,2-8,10,13,18-20,24H2,1H3,(H,48,51)(H,49,58)(H,50,56,57)/t28-,30+,33?/m0/s1. The van der Waals surface area contributed by atoms with E-state index in [2.05, 4.69) is 36.3 Å². The van der Waals surface area contributed by atoms with Crippen LogP contribution in [0.1, 0.15) is 92.7 Å². The van der Waals surface area contributed by atoms with Crippen LogP contribution >= 0.6 is 0 Å².